The van der Waals surface area contributed by atoms with Crippen LogP contribution in [0, 0.1) is 11.6 Å². The molecule has 0 aliphatic heterocycles. The van der Waals surface area contributed by atoms with E-state index in [9.17, 15) is 18.4 Å². The van der Waals surface area contributed by atoms with Gasteiger partial charge in [0.05, 0.1) is 22.9 Å². The number of benzene rings is 2. The smallest absolute Gasteiger partial charge is 0.257 e. The van der Waals surface area contributed by atoms with E-state index in [-0.39, 0.29) is 22.9 Å². The van der Waals surface area contributed by atoms with Gasteiger partial charge in [0.25, 0.3) is 11.8 Å². The summed E-state index contributed by atoms with van der Waals surface area (Å²) in [5.41, 5.74) is 1.03. The second-order valence-corrected chi connectivity index (χ2v) is 6.15. The molecule has 2 N–H and O–H groups in total. The number of hydrogen-bond donors (Lipinski definition) is 2. The fraction of sp³-hybridized carbons (Fsp3) is 0.0952. The minimum absolute atomic E-state index is 0.0729. The summed E-state index contributed by atoms with van der Waals surface area (Å²) in [5.74, 6) is -2.70. The Morgan fingerprint density at radius 2 is 1.61 bits per heavy atom. The van der Waals surface area contributed by atoms with Gasteiger partial charge in [-0.2, -0.15) is 0 Å². The van der Waals surface area contributed by atoms with Gasteiger partial charge < -0.3 is 10.6 Å². The number of pyridine rings is 1. The SMILES string of the molecule is CC(NC(=O)c1cncc(C(=O)Nc2ccc(F)cc2F)c1)c1ccccc1. The Morgan fingerprint density at radius 3 is 2.29 bits per heavy atom. The molecule has 0 fully saturated rings. The molecule has 0 spiro atoms. The van der Waals surface area contributed by atoms with Crippen LogP contribution in [0.5, 0.6) is 0 Å². The summed E-state index contributed by atoms with van der Waals surface area (Å²) in [4.78, 5) is 28.7. The van der Waals surface area contributed by atoms with Crippen LogP contribution in [0.2, 0.25) is 0 Å². The van der Waals surface area contributed by atoms with Crippen molar-refractivity contribution >= 4 is 17.5 Å². The number of nitrogens with one attached hydrogen (secondary N) is 2. The predicted octanol–water partition coefficient (Wildman–Crippen LogP) is 4.10. The van der Waals surface area contributed by atoms with E-state index in [2.05, 4.69) is 15.6 Å². The molecule has 0 saturated carbocycles. The quantitative estimate of drug-likeness (QED) is 0.699. The van der Waals surface area contributed by atoms with Crippen LogP contribution in [0.3, 0.4) is 0 Å². The number of nitrogens with zero attached hydrogens (tertiary/aromatic N) is 1. The Kier molecular flexibility index (Phi) is 5.74. The molecule has 7 heteroatoms. The minimum Gasteiger partial charge on any atom is -0.345 e. The Labute approximate surface area is 160 Å². The molecular weight excluding hydrogens is 364 g/mol. The number of carbonyl (C=O) groups excluding carboxylic acids is 2. The molecule has 1 atom stereocenters. The monoisotopic (exact) mass is 381 g/mol. The first-order chi connectivity index (χ1) is 13.4. The van der Waals surface area contributed by atoms with Crippen LogP contribution in [-0.4, -0.2) is 16.8 Å². The molecule has 5 nitrogen and oxygen atoms in total. The van der Waals surface area contributed by atoms with Crippen LogP contribution in [0.15, 0.2) is 67.0 Å². The molecule has 1 aromatic heterocycles. The van der Waals surface area contributed by atoms with Gasteiger partial charge in [-0.05, 0) is 30.7 Å². The van der Waals surface area contributed by atoms with Crippen molar-refractivity contribution in [2.45, 2.75) is 13.0 Å². The Morgan fingerprint density at radius 1 is 0.929 bits per heavy atom. The van der Waals surface area contributed by atoms with Crippen LogP contribution >= 0.6 is 0 Å². The van der Waals surface area contributed by atoms with Crippen LogP contribution in [0.1, 0.15) is 39.2 Å². The number of carbonyl (C=O) groups is 2. The maximum Gasteiger partial charge on any atom is 0.257 e. The molecule has 0 bridgehead atoms. The zero-order valence-corrected chi connectivity index (χ0v) is 14.9. The normalized spacial score (nSPS) is 11.5. The molecule has 142 valence electrons. The van der Waals surface area contributed by atoms with Crippen LogP contribution in [0.4, 0.5) is 14.5 Å². The minimum atomic E-state index is -0.896. The zero-order valence-electron chi connectivity index (χ0n) is 14.9. The maximum atomic E-state index is 13.7. The van der Waals surface area contributed by atoms with Crippen LogP contribution in [-0.2, 0) is 0 Å². The lowest BCUT2D eigenvalue weighted by Crippen LogP contribution is -2.27. The average molecular weight is 381 g/mol. The second kappa shape index (κ2) is 8.39. The first kappa shape index (κ1) is 19.2. The van der Waals surface area contributed by atoms with Crippen molar-refractivity contribution in [2.75, 3.05) is 5.32 Å². The van der Waals surface area contributed by atoms with Crippen molar-refractivity contribution in [2.24, 2.45) is 0 Å². The molecule has 28 heavy (non-hydrogen) atoms. The fourth-order valence-corrected chi connectivity index (χ4v) is 2.58. The van der Waals surface area contributed by atoms with Gasteiger partial charge in [0.1, 0.15) is 11.6 Å². The van der Waals surface area contributed by atoms with Gasteiger partial charge in [0.2, 0.25) is 0 Å². The van der Waals surface area contributed by atoms with E-state index in [1.807, 2.05) is 37.3 Å². The Balaban J connectivity index is 1.72. The highest BCUT2D eigenvalue weighted by molar-refractivity contribution is 6.05. The number of aromatic nitrogens is 1. The van der Waals surface area contributed by atoms with Crippen molar-refractivity contribution in [1.82, 2.24) is 10.3 Å². The third kappa shape index (κ3) is 4.56. The summed E-state index contributed by atoms with van der Waals surface area (Å²) in [6.45, 7) is 1.84. The van der Waals surface area contributed by atoms with Gasteiger partial charge in [-0.15, -0.1) is 0 Å². The van der Waals surface area contributed by atoms with Gasteiger partial charge in [0.15, 0.2) is 0 Å². The van der Waals surface area contributed by atoms with E-state index in [1.54, 1.807) is 0 Å². The highest BCUT2D eigenvalue weighted by Gasteiger charge is 2.15. The highest BCUT2D eigenvalue weighted by Crippen LogP contribution is 2.17. The fourth-order valence-electron chi connectivity index (χ4n) is 2.58. The number of halogens is 2. The van der Waals surface area contributed by atoms with E-state index in [0.29, 0.717) is 6.07 Å². The van der Waals surface area contributed by atoms with Crippen molar-refractivity contribution < 1.29 is 18.4 Å². The molecule has 1 unspecified atom stereocenters. The zero-order chi connectivity index (χ0) is 20.1. The molecule has 0 radical (unpaired) electrons. The number of anilines is 1. The summed E-state index contributed by atoms with van der Waals surface area (Å²) in [5, 5.41) is 5.17. The van der Waals surface area contributed by atoms with E-state index in [4.69, 9.17) is 0 Å². The molecular formula is C21H17F2N3O2. The van der Waals surface area contributed by atoms with E-state index < -0.39 is 23.4 Å². The summed E-state index contributed by atoms with van der Waals surface area (Å²) >= 11 is 0. The topological polar surface area (TPSA) is 71.1 Å². The molecule has 0 aliphatic rings. The van der Waals surface area contributed by atoms with Gasteiger partial charge in [-0.25, -0.2) is 8.78 Å². The van der Waals surface area contributed by atoms with Crippen LogP contribution in [0.25, 0.3) is 0 Å². The third-order valence-electron chi connectivity index (χ3n) is 4.09. The van der Waals surface area contributed by atoms with E-state index in [1.165, 1.54) is 18.5 Å². The molecule has 0 aliphatic carbocycles. The summed E-state index contributed by atoms with van der Waals surface area (Å²) in [6.07, 6.45) is 2.59. The van der Waals surface area contributed by atoms with E-state index in [0.717, 1.165) is 17.7 Å². The summed E-state index contributed by atoms with van der Waals surface area (Å²) in [6, 6.07) is 13.4. The van der Waals surface area contributed by atoms with Gasteiger partial charge >= 0.3 is 0 Å². The maximum absolute atomic E-state index is 13.7. The Bertz CT molecular complexity index is 1010. The molecule has 3 aromatic rings. The lowest BCUT2D eigenvalue weighted by molar-refractivity contribution is 0.0939. The first-order valence-corrected chi connectivity index (χ1v) is 8.51. The summed E-state index contributed by atoms with van der Waals surface area (Å²) in [7, 11) is 0. The van der Waals surface area contributed by atoms with Gasteiger partial charge in [0, 0.05) is 18.5 Å². The standard InChI is InChI=1S/C21H17F2N3O2/c1-13(14-5-3-2-4-6-14)25-20(27)15-9-16(12-24-11-15)21(28)26-19-8-7-17(22)10-18(19)23/h2-13H,1H3,(H,25,27)(H,26,28). The summed E-state index contributed by atoms with van der Waals surface area (Å²) < 4.78 is 26.7. The average Bonchev–Trinajstić information content (AvgIpc) is 2.70. The molecule has 0 saturated heterocycles. The van der Waals surface area contributed by atoms with Crippen molar-refractivity contribution in [3.05, 3.63) is 95.3 Å². The number of hydrogen-bond acceptors (Lipinski definition) is 3. The predicted molar refractivity (Wildman–Crippen MR) is 101 cm³/mol. The Hall–Kier alpha value is -3.61. The van der Waals surface area contributed by atoms with Crippen molar-refractivity contribution in [3.63, 3.8) is 0 Å². The molecule has 2 amide bonds. The highest BCUT2D eigenvalue weighted by atomic mass is 19.1. The van der Waals surface area contributed by atoms with Gasteiger partial charge in [-0.1, -0.05) is 30.3 Å². The molecule has 3 rings (SSSR count). The lowest BCUT2D eigenvalue weighted by Gasteiger charge is -2.14. The number of rotatable bonds is 5. The van der Waals surface area contributed by atoms with Gasteiger partial charge in [-0.3, -0.25) is 14.6 Å². The van der Waals surface area contributed by atoms with Crippen LogP contribution < -0.4 is 10.6 Å². The lowest BCUT2D eigenvalue weighted by atomic mass is 10.1. The molecule has 2 aromatic carbocycles. The largest absolute Gasteiger partial charge is 0.345 e. The third-order valence-corrected chi connectivity index (χ3v) is 4.09. The molecule has 1 heterocycles. The first-order valence-electron chi connectivity index (χ1n) is 8.51. The second-order valence-electron chi connectivity index (χ2n) is 6.15. The van der Waals surface area contributed by atoms with Crippen molar-refractivity contribution in [3.8, 4) is 0 Å². The van der Waals surface area contributed by atoms with Crippen molar-refractivity contribution in [1.29, 1.82) is 0 Å². The van der Waals surface area contributed by atoms with E-state index >= 15 is 0 Å². The number of amides is 2.